The Morgan fingerprint density at radius 2 is 1.79 bits per heavy atom. The molecule has 1 heterocycles. The molecule has 28 heavy (non-hydrogen) atoms. The number of alkyl carbamates (subject to hydrolysis) is 1. The van der Waals surface area contributed by atoms with Gasteiger partial charge in [-0.2, -0.15) is 0 Å². The summed E-state index contributed by atoms with van der Waals surface area (Å²) in [4.78, 5) is 35.1. The van der Waals surface area contributed by atoms with Crippen LogP contribution in [0.3, 0.4) is 0 Å². The van der Waals surface area contributed by atoms with Crippen molar-refractivity contribution >= 4 is 23.6 Å². The summed E-state index contributed by atoms with van der Waals surface area (Å²) in [6.07, 6.45) is -0.253. The highest BCUT2D eigenvalue weighted by Gasteiger charge is 2.41. The molecule has 150 valence electrons. The SMILES string of the molecule is COC(=O)N[C@@H]1C(c2ccc3c(c2)OCO3)=CC[C@@H](OC(C)=O)[C@H]1OC(C)=O. The first kappa shape index (κ1) is 19.5. The van der Waals surface area contributed by atoms with Gasteiger partial charge < -0.3 is 29.0 Å². The van der Waals surface area contributed by atoms with Crippen molar-refractivity contribution in [2.24, 2.45) is 0 Å². The second-order valence-electron chi connectivity index (χ2n) is 6.30. The lowest BCUT2D eigenvalue weighted by Crippen LogP contribution is -2.53. The van der Waals surface area contributed by atoms with Crippen LogP contribution in [0.2, 0.25) is 0 Å². The summed E-state index contributed by atoms with van der Waals surface area (Å²) >= 11 is 0. The first-order valence-electron chi connectivity index (χ1n) is 8.68. The van der Waals surface area contributed by atoms with Crippen LogP contribution in [-0.4, -0.2) is 50.2 Å². The van der Waals surface area contributed by atoms with E-state index >= 15 is 0 Å². The Morgan fingerprint density at radius 3 is 2.46 bits per heavy atom. The van der Waals surface area contributed by atoms with Gasteiger partial charge in [-0.1, -0.05) is 12.1 Å². The number of carbonyl (C=O) groups is 3. The molecule has 0 saturated heterocycles. The Bertz CT molecular complexity index is 818. The Balaban J connectivity index is 2.00. The van der Waals surface area contributed by atoms with Crippen molar-refractivity contribution in [3.8, 4) is 11.5 Å². The fourth-order valence-corrected chi connectivity index (χ4v) is 3.28. The van der Waals surface area contributed by atoms with E-state index in [9.17, 15) is 14.4 Å². The van der Waals surface area contributed by atoms with E-state index < -0.39 is 36.3 Å². The molecule has 1 amide bonds. The van der Waals surface area contributed by atoms with Crippen molar-refractivity contribution in [3.05, 3.63) is 29.8 Å². The molecule has 1 aromatic carbocycles. The van der Waals surface area contributed by atoms with Crippen molar-refractivity contribution in [1.29, 1.82) is 0 Å². The summed E-state index contributed by atoms with van der Waals surface area (Å²) in [6, 6.07) is 4.54. The zero-order valence-corrected chi connectivity index (χ0v) is 15.7. The van der Waals surface area contributed by atoms with Gasteiger partial charge in [-0.15, -0.1) is 0 Å². The average Bonchev–Trinajstić information content (AvgIpc) is 3.11. The number of esters is 2. The fourth-order valence-electron chi connectivity index (χ4n) is 3.28. The number of hydrogen-bond donors (Lipinski definition) is 1. The number of ether oxygens (including phenoxy) is 5. The lowest BCUT2D eigenvalue weighted by Gasteiger charge is -2.37. The molecule has 2 aliphatic rings. The van der Waals surface area contributed by atoms with Gasteiger partial charge in [-0.3, -0.25) is 9.59 Å². The lowest BCUT2D eigenvalue weighted by molar-refractivity contribution is -0.166. The lowest BCUT2D eigenvalue weighted by atomic mass is 9.85. The Hall–Kier alpha value is -3.23. The molecule has 0 radical (unpaired) electrons. The first-order valence-corrected chi connectivity index (χ1v) is 8.68. The highest BCUT2D eigenvalue weighted by Crippen LogP contribution is 2.38. The third-order valence-corrected chi connectivity index (χ3v) is 4.38. The summed E-state index contributed by atoms with van der Waals surface area (Å²) in [5.41, 5.74) is 1.42. The van der Waals surface area contributed by atoms with E-state index in [0.29, 0.717) is 23.5 Å². The minimum atomic E-state index is -0.925. The molecule has 9 heteroatoms. The minimum absolute atomic E-state index is 0.131. The predicted octanol–water partition coefficient (Wildman–Crippen LogP) is 1.79. The van der Waals surface area contributed by atoms with E-state index in [-0.39, 0.29) is 6.79 Å². The summed E-state index contributed by atoms with van der Waals surface area (Å²) in [5, 5.41) is 2.67. The molecule has 0 aromatic heterocycles. The molecule has 1 aromatic rings. The zero-order valence-electron chi connectivity index (χ0n) is 15.7. The average molecular weight is 391 g/mol. The summed E-state index contributed by atoms with van der Waals surface area (Å²) in [5.74, 6) is 0.109. The Kier molecular flexibility index (Phi) is 5.72. The van der Waals surface area contributed by atoms with Gasteiger partial charge in [0, 0.05) is 20.3 Å². The number of fused-ring (bicyclic) bond motifs is 1. The monoisotopic (exact) mass is 391 g/mol. The van der Waals surface area contributed by atoms with Crippen LogP contribution in [0.5, 0.6) is 11.5 Å². The van der Waals surface area contributed by atoms with Crippen LogP contribution in [0, 0.1) is 0 Å². The molecule has 0 fully saturated rings. The van der Waals surface area contributed by atoms with E-state index in [1.807, 2.05) is 12.1 Å². The molecule has 0 unspecified atom stereocenters. The maximum atomic E-state index is 12.0. The maximum Gasteiger partial charge on any atom is 0.407 e. The van der Waals surface area contributed by atoms with E-state index in [1.54, 1.807) is 12.1 Å². The normalized spacial score (nSPS) is 22.7. The van der Waals surface area contributed by atoms with E-state index in [1.165, 1.54) is 21.0 Å². The molecule has 1 aliphatic heterocycles. The second-order valence-corrected chi connectivity index (χ2v) is 6.30. The molecule has 9 nitrogen and oxygen atoms in total. The molecule has 0 saturated carbocycles. The molecule has 1 aliphatic carbocycles. The molecule has 0 spiro atoms. The van der Waals surface area contributed by atoms with Crippen LogP contribution < -0.4 is 14.8 Å². The van der Waals surface area contributed by atoms with E-state index in [4.69, 9.17) is 23.7 Å². The maximum absolute atomic E-state index is 12.0. The molecular formula is C19H21NO8. The second kappa shape index (κ2) is 8.20. The third-order valence-electron chi connectivity index (χ3n) is 4.38. The molecule has 3 atom stereocenters. The van der Waals surface area contributed by atoms with Gasteiger partial charge in [0.25, 0.3) is 0 Å². The van der Waals surface area contributed by atoms with Gasteiger partial charge in [0.2, 0.25) is 6.79 Å². The number of rotatable bonds is 4. The highest BCUT2D eigenvalue weighted by molar-refractivity contribution is 5.79. The van der Waals surface area contributed by atoms with Crippen molar-refractivity contribution in [2.75, 3.05) is 13.9 Å². The van der Waals surface area contributed by atoms with Gasteiger partial charge in [0.15, 0.2) is 17.6 Å². The standard InChI is InChI=1S/C19H21NO8/c1-10(21)27-15-7-5-13(12-4-6-14-16(8-12)26-9-25-14)17(20-19(23)24-3)18(15)28-11(2)22/h4-6,8,15,17-18H,7,9H2,1-3H3,(H,20,23)/t15-,17-,18-/m1/s1. The molecule has 1 N–H and O–H groups in total. The summed E-state index contributed by atoms with van der Waals surface area (Å²) in [7, 11) is 1.23. The fraction of sp³-hybridized carbons (Fsp3) is 0.421. The zero-order chi connectivity index (χ0) is 20.3. The van der Waals surface area contributed by atoms with Crippen molar-refractivity contribution in [2.45, 2.75) is 38.5 Å². The smallest absolute Gasteiger partial charge is 0.407 e. The highest BCUT2D eigenvalue weighted by atomic mass is 16.7. The topological polar surface area (TPSA) is 109 Å². The Morgan fingerprint density at radius 1 is 1.07 bits per heavy atom. The van der Waals surface area contributed by atoms with Crippen LogP contribution in [0.25, 0.3) is 5.57 Å². The number of hydrogen-bond acceptors (Lipinski definition) is 8. The summed E-state index contributed by atoms with van der Waals surface area (Å²) in [6.45, 7) is 2.65. The third kappa shape index (κ3) is 4.19. The van der Waals surface area contributed by atoms with Crippen LogP contribution >= 0.6 is 0 Å². The van der Waals surface area contributed by atoms with Crippen LogP contribution in [0.4, 0.5) is 4.79 Å². The van der Waals surface area contributed by atoms with Crippen molar-refractivity contribution in [1.82, 2.24) is 5.32 Å². The number of amides is 1. The van der Waals surface area contributed by atoms with Gasteiger partial charge in [-0.25, -0.2) is 4.79 Å². The predicted molar refractivity (Wildman–Crippen MR) is 95.6 cm³/mol. The quantitative estimate of drug-likeness (QED) is 0.611. The van der Waals surface area contributed by atoms with Gasteiger partial charge in [0.05, 0.1) is 13.2 Å². The first-order chi connectivity index (χ1) is 13.4. The van der Waals surface area contributed by atoms with Gasteiger partial charge >= 0.3 is 18.0 Å². The largest absolute Gasteiger partial charge is 0.458 e. The molecular weight excluding hydrogens is 370 g/mol. The minimum Gasteiger partial charge on any atom is -0.458 e. The van der Waals surface area contributed by atoms with Crippen LogP contribution in [0.1, 0.15) is 25.8 Å². The summed E-state index contributed by atoms with van der Waals surface area (Å²) < 4.78 is 26.2. The van der Waals surface area contributed by atoms with E-state index in [2.05, 4.69) is 5.32 Å². The van der Waals surface area contributed by atoms with E-state index in [0.717, 1.165) is 5.56 Å². The molecule has 3 rings (SSSR count). The Labute approximate surface area is 161 Å². The van der Waals surface area contributed by atoms with Crippen molar-refractivity contribution in [3.63, 3.8) is 0 Å². The van der Waals surface area contributed by atoms with Crippen molar-refractivity contribution < 1.29 is 38.1 Å². The number of methoxy groups -OCH3 is 1. The number of nitrogens with one attached hydrogen (secondary N) is 1. The molecule has 0 bridgehead atoms. The van der Waals surface area contributed by atoms with Crippen LogP contribution in [0.15, 0.2) is 24.3 Å². The van der Waals surface area contributed by atoms with Gasteiger partial charge in [-0.05, 0) is 23.3 Å². The number of carbonyl (C=O) groups excluding carboxylic acids is 3. The van der Waals surface area contributed by atoms with Gasteiger partial charge in [0.1, 0.15) is 6.10 Å². The number of benzene rings is 1. The van der Waals surface area contributed by atoms with Crippen LogP contribution in [-0.2, 0) is 23.8 Å².